The highest BCUT2D eigenvalue weighted by molar-refractivity contribution is 6.30. The van der Waals surface area contributed by atoms with E-state index in [2.05, 4.69) is 5.32 Å². The summed E-state index contributed by atoms with van der Waals surface area (Å²) in [6.45, 7) is 3.30. The SMILES string of the molecule is O=C1OC(C2CCCNC2)CN1Cc1ccc(Cl)cc1. The van der Waals surface area contributed by atoms with Crippen LogP contribution in [-0.2, 0) is 11.3 Å². The molecule has 4 nitrogen and oxygen atoms in total. The number of hydrogen-bond donors (Lipinski definition) is 1. The first-order valence-corrected chi connectivity index (χ1v) is 7.51. The van der Waals surface area contributed by atoms with Crippen molar-refractivity contribution in [3.05, 3.63) is 34.9 Å². The minimum Gasteiger partial charge on any atom is -0.444 e. The van der Waals surface area contributed by atoms with Crippen LogP contribution in [0.4, 0.5) is 4.79 Å². The van der Waals surface area contributed by atoms with Crippen molar-refractivity contribution >= 4 is 17.7 Å². The van der Waals surface area contributed by atoms with Crippen LogP contribution in [0.5, 0.6) is 0 Å². The van der Waals surface area contributed by atoms with Gasteiger partial charge in [-0.25, -0.2) is 4.79 Å². The van der Waals surface area contributed by atoms with E-state index < -0.39 is 0 Å². The van der Waals surface area contributed by atoms with Crippen molar-refractivity contribution in [3.8, 4) is 0 Å². The van der Waals surface area contributed by atoms with Gasteiger partial charge in [-0.15, -0.1) is 0 Å². The number of ether oxygens (including phenoxy) is 1. The highest BCUT2D eigenvalue weighted by atomic mass is 35.5. The van der Waals surface area contributed by atoms with E-state index in [-0.39, 0.29) is 12.2 Å². The van der Waals surface area contributed by atoms with Crippen LogP contribution in [0.2, 0.25) is 5.02 Å². The van der Waals surface area contributed by atoms with Crippen LogP contribution in [-0.4, -0.2) is 36.7 Å². The monoisotopic (exact) mass is 294 g/mol. The van der Waals surface area contributed by atoms with E-state index in [9.17, 15) is 4.79 Å². The maximum absolute atomic E-state index is 12.0. The van der Waals surface area contributed by atoms with E-state index in [1.807, 2.05) is 24.3 Å². The number of hydrogen-bond acceptors (Lipinski definition) is 3. The van der Waals surface area contributed by atoms with Crippen molar-refractivity contribution in [1.82, 2.24) is 10.2 Å². The molecule has 2 aliphatic rings. The maximum Gasteiger partial charge on any atom is 0.410 e. The number of rotatable bonds is 3. The fourth-order valence-electron chi connectivity index (χ4n) is 2.91. The Labute approximate surface area is 124 Å². The molecule has 2 heterocycles. The van der Waals surface area contributed by atoms with E-state index in [0.717, 1.165) is 31.5 Å². The predicted molar refractivity (Wildman–Crippen MR) is 77.7 cm³/mol. The molecule has 2 fully saturated rings. The molecule has 2 aliphatic heterocycles. The summed E-state index contributed by atoms with van der Waals surface area (Å²) in [6.07, 6.45) is 2.13. The fraction of sp³-hybridized carbons (Fsp3) is 0.533. The zero-order chi connectivity index (χ0) is 13.9. The Morgan fingerprint density at radius 1 is 1.35 bits per heavy atom. The van der Waals surface area contributed by atoms with Crippen molar-refractivity contribution in [1.29, 1.82) is 0 Å². The van der Waals surface area contributed by atoms with Crippen LogP contribution in [0.25, 0.3) is 0 Å². The van der Waals surface area contributed by atoms with Gasteiger partial charge in [0.15, 0.2) is 0 Å². The van der Waals surface area contributed by atoms with E-state index in [4.69, 9.17) is 16.3 Å². The Balaban J connectivity index is 1.60. The van der Waals surface area contributed by atoms with Gasteiger partial charge in [-0.05, 0) is 37.1 Å². The summed E-state index contributed by atoms with van der Waals surface area (Å²) in [7, 11) is 0. The Bertz CT molecular complexity index is 471. The lowest BCUT2D eigenvalue weighted by Gasteiger charge is -2.26. The molecule has 0 aromatic heterocycles. The summed E-state index contributed by atoms with van der Waals surface area (Å²) < 4.78 is 5.53. The number of cyclic esters (lactones) is 1. The van der Waals surface area contributed by atoms with Gasteiger partial charge in [-0.1, -0.05) is 23.7 Å². The molecule has 1 amide bonds. The summed E-state index contributed by atoms with van der Waals surface area (Å²) >= 11 is 5.87. The largest absolute Gasteiger partial charge is 0.444 e. The molecule has 20 heavy (non-hydrogen) atoms. The van der Waals surface area contributed by atoms with Gasteiger partial charge in [0.05, 0.1) is 6.54 Å². The second kappa shape index (κ2) is 6.02. The first-order valence-electron chi connectivity index (χ1n) is 7.13. The first kappa shape index (κ1) is 13.7. The number of piperidine rings is 1. The van der Waals surface area contributed by atoms with Gasteiger partial charge in [0, 0.05) is 24.0 Å². The maximum atomic E-state index is 12.0. The molecule has 0 aliphatic carbocycles. The molecule has 0 saturated carbocycles. The highest BCUT2D eigenvalue weighted by Gasteiger charge is 2.36. The molecule has 0 radical (unpaired) electrons. The third kappa shape index (κ3) is 3.07. The van der Waals surface area contributed by atoms with Crippen molar-refractivity contribution in [2.75, 3.05) is 19.6 Å². The minimum atomic E-state index is -0.199. The smallest absolute Gasteiger partial charge is 0.410 e. The van der Waals surface area contributed by atoms with Crippen LogP contribution < -0.4 is 5.32 Å². The summed E-state index contributed by atoms with van der Waals surface area (Å²) in [5, 5.41) is 4.08. The molecular formula is C15H19ClN2O2. The Hall–Kier alpha value is -1.26. The minimum absolute atomic E-state index is 0.0302. The summed E-state index contributed by atoms with van der Waals surface area (Å²) in [5.74, 6) is 0.447. The van der Waals surface area contributed by atoms with Gasteiger partial charge >= 0.3 is 6.09 Å². The number of carbonyl (C=O) groups excluding carboxylic acids is 1. The standard InChI is InChI=1S/C15H19ClN2O2/c16-13-5-3-11(4-6-13)9-18-10-14(20-15(18)19)12-2-1-7-17-8-12/h3-6,12,14,17H,1-2,7-10H2. The van der Waals surface area contributed by atoms with Gasteiger partial charge in [-0.2, -0.15) is 0 Å². The number of carbonyl (C=O) groups is 1. The molecule has 3 rings (SSSR count). The van der Waals surface area contributed by atoms with Crippen LogP contribution in [0.3, 0.4) is 0 Å². The first-order chi connectivity index (χ1) is 9.72. The van der Waals surface area contributed by atoms with E-state index in [1.54, 1.807) is 4.90 Å². The molecule has 0 spiro atoms. The van der Waals surface area contributed by atoms with Crippen LogP contribution in [0, 0.1) is 5.92 Å². The molecule has 108 valence electrons. The topological polar surface area (TPSA) is 41.6 Å². The Morgan fingerprint density at radius 2 is 2.15 bits per heavy atom. The molecule has 1 aromatic rings. The van der Waals surface area contributed by atoms with Gasteiger partial charge < -0.3 is 15.0 Å². The van der Waals surface area contributed by atoms with E-state index in [1.165, 1.54) is 0 Å². The average Bonchev–Trinajstić information content (AvgIpc) is 2.84. The highest BCUT2D eigenvalue weighted by Crippen LogP contribution is 2.25. The second-order valence-corrected chi connectivity index (χ2v) is 5.97. The van der Waals surface area contributed by atoms with Gasteiger partial charge in [0.25, 0.3) is 0 Å². The molecule has 1 aromatic carbocycles. The number of halogens is 1. The summed E-state index contributed by atoms with van der Waals surface area (Å²) in [5.41, 5.74) is 1.08. The number of nitrogens with zero attached hydrogens (tertiary/aromatic N) is 1. The lowest BCUT2D eigenvalue weighted by molar-refractivity contribution is 0.0926. The third-order valence-corrected chi connectivity index (χ3v) is 4.31. The van der Waals surface area contributed by atoms with Crippen molar-refractivity contribution in [2.45, 2.75) is 25.5 Å². The van der Waals surface area contributed by atoms with Crippen LogP contribution in [0.1, 0.15) is 18.4 Å². The normalized spacial score (nSPS) is 26.6. The van der Waals surface area contributed by atoms with E-state index >= 15 is 0 Å². The van der Waals surface area contributed by atoms with Gasteiger partial charge in [-0.3, -0.25) is 0 Å². The molecule has 1 N–H and O–H groups in total. The average molecular weight is 295 g/mol. The van der Waals surface area contributed by atoms with Crippen LogP contribution in [0.15, 0.2) is 24.3 Å². The number of benzene rings is 1. The molecule has 0 bridgehead atoms. The lowest BCUT2D eigenvalue weighted by Crippen LogP contribution is -2.38. The lowest BCUT2D eigenvalue weighted by atomic mass is 9.94. The molecule has 2 saturated heterocycles. The molecular weight excluding hydrogens is 276 g/mol. The van der Waals surface area contributed by atoms with Gasteiger partial charge in [0.1, 0.15) is 6.10 Å². The Kier molecular flexibility index (Phi) is 4.13. The van der Waals surface area contributed by atoms with Gasteiger partial charge in [0.2, 0.25) is 0 Å². The third-order valence-electron chi connectivity index (χ3n) is 4.06. The quantitative estimate of drug-likeness (QED) is 0.932. The second-order valence-electron chi connectivity index (χ2n) is 5.54. The molecule has 5 heteroatoms. The van der Waals surface area contributed by atoms with Crippen molar-refractivity contribution in [3.63, 3.8) is 0 Å². The zero-order valence-electron chi connectivity index (χ0n) is 11.3. The Morgan fingerprint density at radius 3 is 2.85 bits per heavy atom. The fourth-order valence-corrected chi connectivity index (χ4v) is 3.04. The van der Waals surface area contributed by atoms with Crippen molar-refractivity contribution < 1.29 is 9.53 Å². The summed E-state index contributed by atoms with van der Waals surface area (Å²) in [6, 6.07) is 7.60. The predicted octanol–water partition coefficient (Wildman–Crippen LogP) is 2.66. The zero-order valence-corrected chi connectivity index (χ0v) is 12.1. The number of nitrogens with one attached hydrogen (secondary N) is 1. The molecule has 2 unspecified atom stereocenters. The summed E-state index contributed by atoms with van der Waals surface area (Å²) in [4.78, 5) is 13.7. The van der Waals surface area contributed by atoms with Crippen LogP contribution >= 0.6 is 11.6 Å². The molecule has 2 atom stereocenters. The van der Waals surface area contributed by atoms with E-state index in [0.29, 0.717) is 24.0 Å². The number of amides is 1. The van der Waals surface area contributed by atoms with Crippen molar-refractivity contribution in [2.24, 2.45) is 5.92 Å².